The van der Waals surface area contributed by atoms with Crippen LogP contribution in [-0.4, -0.2) is 47.6 Å². The second-order valence-electron chi connectivity index (χ2n) is 4.04. The van der Waals surface area contributed by atoms with Crippen molar-refractivity contribution in [3.63, 3.8) is 0 Å². The lowest BCUT2D eigenvalue weighted by Gasteiger charge is -2.22. The molecule has 5 nitrogen and oxygen atoms in total. The van der Waals surface area contributed by atoms with Crippen LogP contribution in [0.5, 0.6) is 0 Å². The van der Waals surface area contributed by atoms with Gasteiger partial charge in [0, 0.05) is 38.2 Å². The van der Waals surface area contributed by atoms with E-state index in [0.29, 0.717) is 18.7 Å². The van der Waals surface area contributed by atoms with E-state index in [1.54, 1.807) is 30.4 Å². The largest absolute Gasteiger partial charge is 0.395 e. The molecule has 0 bridgehead atoms. The van der Waals surface area contributed by atoms with Crippen molar-refractivity contribution < 1.29 is 9.90 Å². The van der Waals surface area contributed by atoms with Gasteiger partial charge in [0.2, 0.25) is 0 Å². The summed E-state index contributed by atoms with van der Waals surface area (Å²) < 4.78 is 0. The summed E-state index contributed by atoms with van der Waals surface area (Å²) >= 11 is 0. The highest BCUT2D eigenvalue weighted by molar-refractivity contribution is 5.99. The third-order valence-corrected chi connectivity index (χ3v) is 2.76. The van der Waals surface area contributed by atoms with Crippen LogP contribution in [0.15, 0.2) is 18.5 Å². The number of rotatable bonds is 7. The molecule has 0 aliphatic carbocycles. The van der Waals surface area contributed by atoms with E-state index in [9.17, 15) is 4.79 Å². The molecule has 1 amide bonds. The van der Waals surface area contributed by atoms with Gasteiger partial charge in [0.1, 0.15) is 0 Å². The Morgan fingerprint density at radius 2 is 2.28 bits per heavy atom. The number of hydrogen-bond donors (Lipinski definition) is 2. The van der Waals surface area contributed by atoms with Gasteiger partial charge in [-0.3, -0.25) is 9.78 Å². The van der Waals surface area contributed by atoms with Crippen LogP contribution in [0, 0.1) is 0 Å². The minimum absolute atomic E-state index is 0.0232. The minimum atomic E-state index is -0.0880. The molecule has 5 heteroatoms. The smallest absolute Gasteiger partial charge is 0.257 e. The van der Waals surface area contributed by atoms with Gasteiger partial charge in [0.25, 0.3) is 5.91 Å². The molecule has 18 heavy (non-hydrogen) atoms. The zero-order valence-electron chi connectivity index (χ0n) is 11.0. The first kappa shape index (κ1) is 14.4. The number of aliphatic hydroxyl groups excluding tert-OH is 1. The molecule has 1 aromatic heterocycles. The van der Waals surface area contributed by atoms with Gasteiger partial charge in [-0.1, -0.05) is 13.3 Å². The van der Waals surface area contributed by atoms with Crippen molar-refractivity contribution >= 4 is 11.6 Å². The van der Waals surface area contributed by atoms with E-state index < -0.39 is 0 Å². The van der Waals surface area contributed by atoms with Crippen molar-refractivity contribution in [2.75, 3.05) is 32.1 Å². The van der Waals surface area contributed by atoms with E-state index in [4.69, 9.17) is 5.11 Å². The number of nitrogens with one attached hydrogen (secondary N) is 1. The van der Waals surface area contributed by atoms with E-state index >= 15 is 0 Å². The van der Waals surface area contributed by atoms with Crippen LogP contribution in [0.25, 0.3) is 0 Å². The van der Waals surface area contributed by atoms with Gasteiger partial charge in [0.15, 0.2) is 0 Å². The number of anilines is 1. The molecule has 2 N–H and O–H groups in total. The standard InChI is InChI=1S/C13H21N3O2/c1-3-4-7-16(8-9-17)13(18)11-10-15-6-5-12(11)14-2/h5-6,10,17H,3-4,7-9H2,1-2H3,(H,14,15). The molecule has 1 rings (SSSR count). The number of hydrogen-bond acceptors (Lipinski definition) is 4. The van der Waals surface area contributed by atoms with Crippen molar-refractivity contribution in [3.05, 3.63) is 24.0 Å². The zero-order chi connectivity index (χ0) is 13.4. The summed E-state index contributed by atoms with van der Waals surface area (Å²) in [4.78, 5) is 18.0. The van der Waals surface area contributed by atoms with Crippen molar-refractivity contribution in [2.45, 2.75) is 19.8 Å². The minimum Gasteiger partial charge on any atom is -0.395 e. The highest BCUT2D eigenvalue weighted by atomic mass is 16.3. The SMILES string of the molecule is CCCCN(CCO)C(=O)c1cnccc1NC. The van der Waals surface area contributed by atoms with Gasteiger partial charge >= 0.3 is 0 Å². The molecule has 0 saturated heterocycles. The van der Waals surface area contributed by atoms with Gasteiger partial charge in [0.05, 0.1) is 12.2 Å². The Bertz CT molecular complexity index is 382. The molecule has 0 saturated carbocycles. The number of carbonyl (C=O) groups excluding carboxylic acids is 1. The van der Waals surface area contributed by atoms with E-state index in [1.165, 1.54) is 0 Å². The molecule has 1 aromatic rings. The topological polar surface area (TPSA) is 65.5 Å². The number of pyridine rings is 1. The van der Waals surface area contributed by atoms with Crippen molar-refractivity contribution in [3.8, 4) is 0 Å². The van der Waals surface area contributed by atoms with E-state index in [-0.39, 0.29) is 12.5 Å². The predicted molar refractivity (Wildman–Crippen MR) is 71.7 cm³/mol. The van der Waals surface area contributed by atoms with Crippen LogP contribution in [0.2, 0.25) is 0 Å². The highest BCUT2D eigenvalue weighted by Gasteiger charge is 2.17. The number of unbranched alkanes of at least 4 members (excludes halogenated alkanes) is 1. The van der Waals surface area contributed by atoms with Crippen molar-refractivity contribution in [1.82, 2.24) is 9.88 Å². The molecule has 0 atom stereocenters. The van der Waals surface area contributed by atoms with E-state index in [0.717, 1.165) is 18.5 Å². The molecule has 0 aliphatic rings. The number of carbonyl (C=O) groups is 1. The van der Waals surface area contributed by atoms with Crippen LogP contribution in [0.3, 0.4) is 0 Å². The molecule has 0 radical (unpaired) electrons. The first-order valence-electron chi connectivity index (χ1n) is 6.26. The average Bonchev–Trinajstić information content (AvgIpc) is 2.42. The zero-order valence-corrected chi connectivity index (χ0v) is 11.0. The molecule has 1 heterocycles. The number of aliphatic hydroxyl groups is 1. The Labute approximate surface area is 108 Å². The second-order valence-corrected chi connectivity index (χ2v) is 4.04. The van der Waals surface area contributed by atoms with Gasteiger partial charge in [-0.15, -0.1) is 0 Å². The van der Waals surface area contributed by atoms with Crippen LogP contribution in [0.4, 0.5) is 5.69 Å². The lowest BCUT2D eigenvalue weighted by molar-refractivity contribution is 0.0720. The fourth-order valence-electron chi connectivity index (χ4n) is 1.74. The lowest BCUT2D eigenvalue weighted by Crippen LogP contribution is -2.34. The fourth-order valence-corrected chi connectivity index (χ4v) is 1.74. The Hall–Kier alpha value is -1.62. The maximum Gasteiger partial charge on any atom is 0.257 e. The normalized spacial score (nSPS) is 10.2. The molecular formula is C13H21N3O2. The highest BCUT2D eigenvalue weighted by Crippen LogP contribution is 2.15. The Morgan fingerprint density at radius 1 is 1.50 bits per heavy atom. The maximum absolute atomic E-state index is 12.4. The van der Waals surface area contributed by atoms with Crippen molar-refractivity contribution in [1.29, 1.82) is 0 Å². The second kappa shape index (κ2) is 7.66. The van der Waals surface area contributed by atoms with Gasteiger partial charge in [-0.2, -0.15) is 0 Å². The summed E-state index contributed by atoms with van der Waals surface area (Å²) in [5.41, 5.74) is 1.30. The first-order chi connectivity index (χ1) is 8.74. The monoisotopic (exact) mass is 251 g/mol. The maximum atomic E-state index is 12.4. The fraction of sp³-hybridized carbons (Fsp3) is 0.538. The Morgan fingerprint density at radius 3 is 2.89 bits per heavy atom. The van der Waals surface area contributed by atoms with Crippen LogP contribution in [-0.2, 0) is 0 Å². The molecular weight excluding hydrogens is 230 g/mol. The molecule has 0 spiro atoms. The van der Waals surface area contributed by atoms with Gasteiger partial charge in [-0.05, 0) is 12.5 Å². The Kier molecular flexibility index (Phi) is 6.14. The summed E-state index contributed by atoms with van der Waals surface area (Å²) in [5.74, 6) is -0.0880. The molecule has 0 unspecified atom stereocenters. The van der Waals surface area contributed by atoms with E-state index in [1.807, 2.05) is 0 Å². The molecule has 0 aliphatic heterocycles. The van der Waals surface area contributed by atoms with Crippen LogP contribution in [0.1, 0.15) is 30.1 Å². The van der Waals surface area contributed by atoms with Gasteiger partial charge < -0.3 is 15.3 Å². The Balaban J connectivity index is 2.86. The van der Waals surface area contributed by atoms with Crippen LogP contribution < -0.4 is 5.32 Å². The third-order valence-electron chi connectivity index (χ3n) is 2.76. The summed E-state index contributed by atoms with van der Waals surface area (Å²) in [6, 6.07) is 1.77. The number of aromatic nitrogens is 1. The molecule has 100 valence electrons. The molecule has 0 fully saturated rings. The number of amides is 1. The first-order valence-corrected chi connectivity index (χ1v) is 6.26. The summed E-state index contributed by atoms with van der Waals surface area (Å²) in [7, 11) is 1.77. The average molecular weight is 251 g/mol. The van der Waals surface area contributed by atoms with E-state index in [2.05, 4.69) is 17.2 Å². The molecule has 0 aromatic carbocycles. The van der Waals surface area contributed by atoms with Crippen LogP contribution >= 0.6 is 0 Å². The summed E-state index contributed by atoms with van der Waals surface area (Å²) in [6.45, 7) is 3.07. The van der Waals surface area contributed by atoms with Crippen molar-refractivity contribution in [2.24, 2.45) is 0 Å². The summed E-state index contributed by atoms with van der Waals surface area (Å²) in [6.07, 6.45) is 5.15. The summed E-state index contributed by atoms with van der Waals surface area (Å²) in [5, 5.41) is 12.0. The number of nitrogens with zero attached hydrogens (tertiary/aromatic N) is 2. The van der Waals surface area contributed by atoms with Gasteiger partial charge in [-0.25, -0.2) is 0 Å². The predicted octanol–water partition coefficient (Wildman–Crippen LogP) is 1.36. The quantitative estimate of drug-likeness (QED) is 0.768. The third kappa shape index (κ3) is 3.70. The lowest BCUT2D eigenvalue weighted by atomic mass is 10.2.